The largest absolute Gasteiger partial charge is 0.438 e. The van der Waals surface area contributed by atoms with E-state index in [9.17, 15) is 0 Å². The van der Waals surface area contributed by atoms with Crippen LogP contribution in [-0.2, 0) is 0 Å². The number of benzene rings is 4. The van der Waals surface area contributed by atoms with Crippen molar-refractivity contribution in [1.82, 2.24) is 9.97 Å². The van der Waals surface area contributed by atoms with Crippen molar-refractivity contribution in [2.24, 2.45) is 0 Å². The molecule has 0 saturated heterocycles. The number of aryl methyl sites for hydroxylation is 2. The zero-order chi connectivity index (χ0) is 24.5. The third-order valence-corrected chi connectivity index (χ3v) is 6.18. The van der Waals surface area contributed by atoms with E-state index in [1.54, 1.807) is 12.4 Å². The minimum atomic E-state index is 0.561. The first-order chi connectivity index (χ1) is 17.6. The summed E-state index contributed by atoms with van der Waals surface area (Å²) in [7, 11) is 0. The maximum atomic E-state index is 6.29. The van der Waals surface area contributed by atoms with Gasteiger partial charge in [-0.25, -0.2) is 9.97 Å². The number of aromatic nitrogens is 2. The van der Waals surface area contributed by atoms with E-state index in [0.29, 0.717) is 11.8 Å². The molecule has 0 N–H and O–H groups in total. The van der Waals surface area contributed by atoms with E-state index < -0.39 is 0 Å². The number of ether oxygens (including phenoxy) is 2. The van der Waals surface area contributed by atoms with E-state index in [1.807, 2.05) is 36.4 Å². The Bertz CT molecular complexity index is 1570. The average Bonchev–Trinajstić information content (AvgIpc) is 2.90. The SMILES string of the molecule is Cc1ccc2cc(-c3cc(Oc4ccccn4)c4cc(C)ccc4c3)cc(Oc3ccccn3)c2c1. The maximum Gasteiger partial charge on any atom is 0.219 e. The standard InChI is InChI=1S/C32H24N2O2/c1-21-9-11-23-17-25(19-29(27(23)15-21)35-31-7-3-5-13-33-31)26-18-24-12-10-22(2)16-28(24)30(20-26)36-32-8-4-6-14-34-32/h3-20H,1-2H3. The van der Waals surface area contributed by atoms with Crippen LogP contribution in [0.15, 0.2) is 109 Å². The monoisotopic (exact) mass is 468 g/mol. The fourth-order valence-corrected chi connectivity index (χ4v) is 4.42. The van der Waals surface area contributed by atoms with Crippen molar-refractivity contribution >= 4 is 21.5 Å². The minimum Gasteiger partial charge on any atom is -0.438 e. The van der Waals surface area contributed by atoms with Crippen molar-refractivity contribution in [2.45, 2.75) is 13.8 Å². The van der Waals surface area contributed by atoms with Crippen LogP contribution in [0.5, 0.6) is 23.3 Å². The summed E-state index contributed by atoms with van der Waals surface area (Å²) in [6, 6.07) is 32.7. The highest BCUT2D eigenvalue weighted by molar-refractivity contribution is 5.97. The van der Waals surface area contributed by atoms with Crippen molar-refractivity contribution in [2.75, 3.05) is 0 Å². The van der Waals surface area contributed by atoms with E-state index in [2.05, 4.69) is 84.5 Å². The van der Waals surface area contributed by atoms with Crippen LogP contribution >= 0.6 is 0 Å². The lowest BCUT2D eigenvalue weighted by molar-refractivity contribution is 0.467. The molecule has 0 fully saturated rings. The fraction of sp³-hybridized carbons (Fsp3) is 0.0625. The lowest BCUT2D eigenvalue weighted by Crippen LogP contribution is -1.92. The first kappa shape index (κ1) is 21.8. The Morgan fingerprint density at radius 2 is 0.972 bits per heavy atom. The summed E-state index contributed by atoms with van der Waals surface area (Å²) < 4.78 is 12.6. The smallest absolute Gasteiger partial charge is 0.219 e. The van der Waals surface area contributed by atoms with Gasteiger partial charge in [-0.1, -0.05) is 47.5 Å². The Hall–Kier alpha value is -4.70. The predicted octanol–water partition coefficient (Wildman–Crippen LogP) is 8.65. The molecule has 0 aliphatic carbocycles. The van der Waals surface area contributed by atoms with Crippen molar-refractivity contribution in [1.29, 1.82) is 0 Å². The first-order valence-electron chi connectivity index (χ1n) is 11.9. The third kappa shape index (κ3) is 4.37. The van der Waals surface area contributed by atoms with E-state index >= 15 is 0 Å². The molecule has 2 aromatic heterocycles. The van der Waals surface area contributed by atoms with Gasteiger partial charge in [-0.15, -0.1) is 0 Å². The maximum absolute atomic E-state index is 6.29. The second kappa shape index (κ2) is 9.16. The molecule has 6 aromatic rings. The predicted molar refractivity (Wildman–Crippen MR) is 145 cm³/mol. The Kier molecular flexibility index (Phi) is 5.55. The molecule has 0 aliphatic rings. The molecule has 4 nitrogen and oxygen atoms in total. The molecule has 0 radical (unpaired) electrons. The van der Waals surface area contributed by atoms with Gasteiger partial charge in [-0.05, 0) is 84.3 Å². The Morgan fingerprint density at radius 1 is 0.500 bits per heavy atom. The summed E-state index contributed by atoms with van der Waals surface area (Å²) in [4.78, 5) is 8.73. The third-order valence-electron chi connectivity index (χ3n) is 6.18. The van der Waals surface area contributed by atoms with Gasteiger partial charge in [0.25, 0.3) is 0 Å². The molecular weight excluding hydrogens is 444 g/mol. The molecule has 0 saturated carbocycles. The normalized spacial score (nSPS) is 11.1. The van der Waals surface area contributed by atoms with Crippen LogP contribution in [-0.4, -0.2) is 9.97 Å². The summed E-state index contributed by atoms with van der Waals surface area (Å²) in [6.07, 6.45) is 3.47. The van der Waals surface area contributed by atoms with Crippen molar-refractivity contribution in [3.63, 3.8) is 0 Å². The van der Waals surface area contributed by atoms with Crippen molar-refractivity contribution in [3.05, 3.63) is 121 Å². The summed E-state index contributed by atoms with van der Waals surface area (Å²) in [5.74, 6) is 2.65. The molecule has 6 rings (SSSR count). The van der Waals surface area contributed by atoms with Gasteiger partial charge in [0.2, 0.25) is 11.8 Å². The molecule has 0 amide bonds. The molecule has 174 valence electrons. The van der Waals surface area contributed by atoms with Crippen LogP contribution < -0.4 is 9.47 Å². The van der Waals surface area contributed by atoms with Gasteiger partial charge in [-0.3, -0.25) is 0 Å². The second-order valence-electron chi connectivity index (χ2n) is 8.94. The first-order valence-corrected chi connectivity index (χ1v) is 11.9. The number of hydrogen-bond acceptors (Lipinski definition) is 4. The highest BCUT2D eigenvalue weighted by Gasteiger charge is 2.13. The fourth-order valence-electron chi connectivity index (χ4n) is 4.42. The quantitative estimate of drug-likeness (QED) is 0.254. The topological polar surface area (TPSA) is 44.2 Å². The van der Waals surface area contributed by atoms with Crippen LogP contribution in [0.4, 0.5) is 0 Å². The van der Waals surface area contributed by atoms with Crippen LogP contribution in [0.3, 0.4) is 0 Å². The second-order valence-corrected chi connectivity index (χ2v) is 8.94. The molecule has 4 heteroatoms. The van der Waals surface area contributed by atoms with Gasteiger partial charge in [0.15, 0.2) is 0 Å². The molecule has 0 atom stereocenters. The minimum absolute atomic E-state index is 0.561. The number of rotatable bonds is 5. The molecule has 4 aromatic carbocycles. The number of fused-ring (bicyclic) bond motifs is 2. The van der Waals surface area contributed by atoms with Crippen LogP contribution in [0.25, 0.3) is 32.7 Å². The molecule has 36 heavy (non-hydrogen) atoms. The molecule has 0 aliphatic heterocycles. The number of nitrogens with zero attached hydrogens (tertiary/aromatic N) is 2. The van der Waals surface area contributed by atoms with Crippen molar-refractivity contribution in [3.8, 4) is 34.4 Å². The van der Waals surface area contributed by atoms with Crippen LogP contribution in [0, 0.1) is 13.8 Å². The zero-order valence-corrected chi connectivity index (χ0v) is 20.1. The Morgan fingerprint density at radius 3 is 1.39 bits per heavy atom. The molecule has 0 spiro atoms. The number of pyridine rings is 2. The van der Waals surface area contributed by atoms with Gasteiger partial charge in [-0.2, -0.15) is 0 Å². The molecular formula is C32H24N2O2. The zero-order valence-electron chi connectivity index (χ0n) is 20.1. The van der Waals surface area contributed by atoms with E-state index in [4.69, 9.17) is 9.47 Å². The van der Waals surface area contributed by atoms with Crippen molar-refractivity contribution < 1.29 is 9.47 Å². The Balaban J connectivity index is 1.53. The lowest BCUT2D eigenvalue weighted by Gasteiger charge is -2.15. The van der Waals surface area contributed by atoms with Gasteiger partial charge < -0.3 is 9.47 Å². The summed E-state index contributed by atoms with van der Waals surface area (Å²) in [6.45, 7) is 4.18. The van der Waals surface area contributed by atoms with Crippen LogP contribution in [0.1, 0.15) is 11.1 Å². The average molecular weight is 469 g/mol. The van der Waals surface area contributed by atoms with Crippen LogP contribution in [0.2, 0.25) is 0 Å². The van der Waals surface area contributed by atoms with Gasteiger partial charge in [0, 0.05) is 35.3 Å². The number of hydrogen-bond donors (Lipinski definition) is 0. The van der Waals surface area contributed by atoms with Gasteiger partial charge in [0.05, 0.1) is 0 Å². The highest BCUT2D eigenvalue weighted by Crippen LogP contribution is 2.39. The molecule has 0 bridgehead atoms. The van der Waals surface area contributed by atoms with E-state index in [-0.39, 0.29) is 0 Å². The lowest BCUT2D eigenvalue weighted by atomic mass is 9.96. The van der Waals surface area contributed by atoms with E-state index in [1.165, 1.54) is 11.1 Å². The van der Waals surface area contributed by atoms with E-state index in [0.717, 1.165) is 44.2 Å². The van der Waals surface area contributed by atoms with Gasteiger partial charge >= 0.3 is 0 Å². The molecule has 2 heterocycles. The summed E-state index contributed by atoms with van der Waals surface area (Å²) in [5, 5.41) is 4.29. The van der Waals surface area contributed by atoms with Gasteiger partial charge in [0.1, 0.15) is 11.5 Å². The molecule has 0 unspecified atom stereocenters. The summed E-state index contributed by atoms with van der Waals surface area (Å²) >= 11 is 0. The highest BCUT2D eigenvalue weighted by atomic mass is 16.5. The summed E-state index contributed by atoms with van der Waals surface area (Å²) in [5.41, 5.74) is 4.41. The Labute approximate surface area is 209 Å².